The summed E-state index contributed by atoms with van der Waals surface area (Å²) in [6.07, 6.45) is 1.57. The molecule has 150 valence electrons. The zero-order valence-corrected chi connectivity index (χ0v) is 17.4. The van der Waals surface area contributed by atoms with Gasteiger partial charge < -0.3 is 19.5 Å². The largest absolute Gasteiger partial charge is 0.461 e. The number of hydrogen-bond donors (Lipinski definition) is 1. The second-order valence-corrected chi connectivity index (χ2v) is 7.49. The van der Waals surface area contributed by atoms with Crippen LogP contribution in [0, 0.1) is 13.8 Å². The van der Waals surface area contributed by atoms with Crippen LogP contribution in [0.3, 0.4) is 0 Å². The first-order valence-corrected chi connectivity index (χ1v) is 8.98. The van der Waals surface area contributed by atoms with Crippen molar-refractivity contribution < 1.29 is 19.1 Å². The van der Waals surface area contributed by atoms with E-state index in [1.807, 2.05) is 20.8 Å². The highest BCUT2D eigenvalue weighted by Crippen LogP contribution is 2.23. The first-order chi connectivity index (χ1) is 12.4. The molecule has 27 heavy (non-hydrogen) atoms. The first kappa shape index (κ1) is 22.5. The molecular weight excluding hydrogens is 346 g/mol. The molecule has 0 aliphatic heterocycles. The average Bonchev–Trinajstić information content (AvgIpc) is 2.75. The van der Waals surface area contributed by atoms with Gasteiger partial charge in [-0.15, -0.1) is 6.58 Å². The number of nitrogens with one attached hydrogen (secondary N) is 1. The highest BCUT2D eigenvalue weighted by Gasteiger charge is 2.28. The van der Waals surface area contributed by atoms with Gasteiger partial charge in [-0.25, -0.2) is 9.59 Å². The van der Waals surface area contributed by atoms with E-state index in [1.165, 1.54) is 4.90 Å². The summed E-state index contributed by atoms with van der Waals surface area (Å²) in [5.74, 6) is -0.699. The Labute approximate surface area is 161 Å². The molecule has 0 unspecified atom stereocenters. The third-order valence-corrected chi connectivity index (χ3v) is 4.13. The van der Waals surface area contributed by atoms with E-state index in [-0.39, 0.29) is 31.5 Å². The Morgan fingerprint density at radius 1 is 1.26 bits per heavy atom. The fourth-order valence-electron chi connectivity index (χ4n) is 2.90. The van der Waals surface area contributed by atoms with Gasteiger partial charge >= 0.3 is 12.0 Å². The fraction of sp³-hybridized carbons (Fsp3) is 0.550. The van der Waals surface area contributed by atoms with Gasteiger partial charge in [0, 0.05) is 30.4 Å². The molecule has 7 heteroatoms. The van der Waals surface area contributed by atoms with Gasteiger partial charge in [0.25, 0.3) is 0 Å². The quantitative estimate of drug-likeness (QED) is 0.450. The predicted molar refractivity (Wildman–Crippen MR) is 105 cm³/mol. The molecule has 0 saturated carbocycles. The molecule has 1 heterocycles. The number of urea groups is 1. The van der Waals surface area contributed by atoms with Crippen molar-refractivity contribution >= 4 is 17.8 Å². The number of ether oxygens (including phenoxy) is 1. The molecule has 0 spiro atoms. The highest BCUT2D eigenvalue weighted by atomic mass is 16.5. The molecule has 1 aromatic rings. The van der Waals surface area contributed by atoms with Crippen molar-refractivity contribution in [3.05, 3.63) is 35.2 Å². The summed E-state index contributed by atoms with van der Waals surface area (Å²) in [5, 5.41) is 2.85. The lowest BCUT2D eigenvalue weighted by Gasteiger charge is -2.27. The van der Waals surface area contributed by atoms with Gasteiger partial charge in [-0.2, -0.15) is 0 Å². The van der Waals surface area contributed by atoms with E-state index < -0.39 is 11.5 Å². The summed E-state index contributed by atoms with van der Waals surface area (Å²) >= 11 is 0. The van der Waals surface area contributed by atoms with Crippen molar-refractivity contribution in [2.24, 2.45) is 7.05 Å². The molecule has 1 rings (SSSR count). The molecule has 0 atom stereocenters. The van der Waals surface area contributed by atoms with Crippen molar-refractivity contribution in [2.75, 3.05) is 19.7 Å². The number of hydrogen-bond acceptors (Lipinski definition) is 4. The van der Waals surface area contributed by atoms with Crippen molar-refractivity contribution in [3.63, 3.8) is 0 Å². The van der Waals surface area contributed by atoms with E-state index in [9.17, 15) is 14.4 Å². The second-order valence-electron chi connectivity index (χ2n) is 7.49. The molecule has 0 aliphatic carbocycles. The van der Waals surface area contributed by atoms with E-state index >= 15 is 0 Å². The summed E-state index contributed by atoms with van der Waals surface area (Å²) in [6, 6.07) is -0.340. The fourth-order valence-corrected chi connectivity index (χ4v) is 2.90. The molecule has 0 bridgehead atoms. The molecule has 7 nitrogen and oxygen atoms in total. The first-order valence-electron chi connectivity index (χ1n) is 8.98. The lowest BCUT2D eigenvalue weighted by molar-refractivity contribution is 0.0514. The van der Waals surface area contributed by atoms with Crippen LogP contribution in [0.5, 0.6) is 0 Å². The molecule has 2 amide bonds. The standard InChI is InChI=1S/C20H31N3O4/c1-9-11-23(19(26)21-20(5,6)7)12-15(24)16-13(3)17(18(25)27-10-2)22(8)14(16)4/h9H,1,10-12H2,2-8H3,(H,21,26). The van der Waals surface area contributed by atoms with Crippen molar-refractivity contribution in [1.29, 1.82) is 0 Å². The second kappa shape index (κ2) is 8.88. The van der Waals surface area contributed by atoms with E-state index in [0.29, 0.717) is 22.5 Å². The zero-order valence-electron chi connectivity index (χ0n) is 17.4. The minimum absolute atomic E-state index is 0.109. The number of aromatic nitrogens is 1. The number of carbonyl (C=O) groups excluding carboxylic acids is 3. The van der Waals surface area contributed by atoms with Crippen LogP contribution in [0.2, 0.25) is 0 Å². The molecular formula is C20H31N3O4. The third kappa shape index (κ3) is 5.45. The number of Topliss-reactive ketones (excluding diaryl/α,β-unsaturated/α-hetero) is 1. The van der Waals surface area contributed by atoms with Crippen LogP contribution in [-0.4, -0.2) is 52.5 Å². The molecule has 0 saturated heterocycles. The monoisotopic (exact) mass is 377 g/mol. The number of amides is 2. The van der Waals surface area contributed by atoms with Gasteiger partial charge in [0.1, 0.15) is 5.69 Å². The third-order valence-electron chi connectivity index (χ3n) is 4.13. The number of carbonyl (C=O) groups is 3. The molecule has 0 aliphatic rings. The number of esters is 1. The summed E-state index contributed by atoms with van der Waals surface area (Å²) in [4.78, 5) is 39.1. The molecule has 0 aromatic carbocycles. The van der Waals surface area contributed by atoms with E-state index in [2.05, 4.69) is 11.9 Å². The van der Waals surface area contributed by atoms with E-state index in [0.717, 1.165) is 0 Å². The summed E-state index contributed by atoms with van der Waals surface area (Å²) in [5.41, 5.74) is 1.60. The Morgan fingerprint density at radius 3 is 2.33 bits per heavy atom. The Bertz CT molecular complexity index is 741. The van der Waals surface area contributed by atoms with Gasteiger partial charge in [-0.1, -0.05) is 6.08 Å². The van der Waals surface area contributed by atoms with Crippen LogP contribution in [0.4, 0.5) is 4.79 Å². The highest BCUT2D eigenvalue weighted by molar-refractivity contribution is 6.04. The maximum Gasteiger partial charge on any atom is 0.355 e. The van der Waals surface area contributed by atoms with Gasteiger partial charge in [-0.05, 0) is 47.1 Å². The Morgan fingerprint density at radius 2 is 1.85 bits per heavy atom. The van der Waals surface area contributed by atoms with Gasteiger partial charge in [0.2, 0.25) is 0 Å². The molecule has 0 fully saturated rings. The summed E-state index contributed by atoms with van der Waals surface area (Å²) in [7, 11) is 1.72. The minimum atomic E-state index is -0.465. The predicted octanol–water partition coefficient (Wildman–Crippen LogP) is 3.00. The molecule has 1 N–H and O–H groups in total. The van der Waals surface area contributed by atoms with Crippen LogP contribution in [0.25, 0.3) is 0 Å². The Balaban J connectivity index is 3.17. The number of nitrogens with zero attached hydrogens (tertiary/aromatic N) is 2. The van der Waals surface area contributed by atoms with Crippen LogP contribution in [0.1, 0.15) is 59.8 Å². The minimum Gasteiger partial charge on any atom is -0.461 e. The van der Waals surface area contributed by atoms with Crippen LogP contribution in [0.15, 0.2) is 12.7 Å². The summed E-state index contributed by atoms with van der Waals surface area (Å²) in [6.45, 7) is 14.9. The molecule has 1 aromatic heterocycles. The number of ketones is 1. The van der Waals surface area contributed by atoms with Crippen LogP contribution < -0.4 is 5.32 Å². The van der Waals surface area contributed by atoms with Crippen molar-refractivity contribution in [1.82, 2.24) is 14.8 Å². The maximum absolute atomic E-state index is 13.0. The van der Waals surface area contributed by atoms with Gasteiger partial charge in [0.15, 0.2) is 5.78 Å². The van der Waals surface area contributed by atoms with Crippen LogP contribution >= 0.6 is 0 Å². The Hall–Kier alpha value is -2.57. The zero-order chi connectivity index (χ0) is 20.9. The van der Waals surface area contributed by atoms with E-state index in [4.69, 9.17) is 4.74 Å². The SMILES string of the molecule is C=CCN(CC(=O)c1c(C)c(C(=O)OCC)n(C)c1C)C(=O)NC(C)(C)C. The summed E-state index contributed by atoms with van der Waals surface area (Å²) < 4.78 is 6.75. The molecule has 0 radical (unpaired) electrons. The number of rotatable bonds is 7. The van der Waals surface area contributed by atoms with Gasteiger partial charge in [0.05, 0.1) is 13.2 Å². The van der Waals surface area contributed by atoms with Crippen LogP contribution in [-0.2, 0) is 11.8 Å². The van der Waals surface area contributed by atoms with Crippen molar-refractivity contribution in [3.8, 4) is 0 Å². The van der Waals surface area contributed by atoms with Crippen molar-refractivity contribution in [2.45, 2.75) is 47.1 Å². The van der Waals surface area contributed by atoms with E-state index in [1.54, 1.807) is 38.5 Å². The average molecular weight is 377 g/mol. The smallest absolute Gasteiger partial charge is 0.355 e. The maximum atomic E-state index is 13.0. The van der Waals surface area contributed by atoms with Gasteiger partial charge in [-0.3, -0.25) is 4.79 Å². The lowest BCUT2D eigenvalue weighted by atomic mass is 10.1. The topological polar surface area (TPSA) is 80.6 Å². The Kier molecular flexibility index (Phi) is 7.39. The lowest BCUT2D eigenvalue weighted by Crippen LogP contribution is -2.50. The normalized spacial score (nSPS) is 11.1.